The van der Waals surface area contributed by atoms with Crippen LogP contribution >= 0.6 is 23.1 Å². The number of rotatable bonds is 7. The summed E-state index contributed by atoms with van der Waals surface area (Å²) in [5.74, 6) is -0.476. The molecule has 0 fully saturated rings. The summed E-state index contributed by atoms with van der Waals surface area (Å²) in [6, 6.07) is 9.61. The number of imidazole rings is 1. The molecule has 0 saturated carbocycles. The average molecular weight is 403 g/mol. The molecule has 2 heterocycles. The molecule has 0 aliphatic carbocycles. The van der Waals surface area contributed by atoms with Gasteiger partial charge in [0.2, 0.25) is 11.0 Å². The third kappa shape index (κ3) is 4.92. The maximum absolute atomic E-state index is 12.1. The van der Waals surface area contributed by atoms with Crippen LogP contribution in [-0.2, 0) is 20.9 Å². The number of anilines is 1. The fourth-order valence-corrected chi connectivity index (χ4v) is 3.68. The average Bonchev–Trinajstić information content (AvgIpc) is 3.26. The lowest BCUT2D eigenvalue weighted by molar-refractivity contribution is -0.141. The lowest BCUT2D eigenvalue weighted by atomic mass is 10.2. The van der Waals surface area contributed by atoms with Crippen molar-refractivity contribution < 1.29 is 14.3 Å². The van der Waals surface area contributed by atoms with Gasteiger partial charge in [0.25, 0.3) is 0 Å². The van der Waals surface area contributed by atoms with E-state index in [-0.39, 0.29) is 24.2 Å². The highest BCUT2D eigenvalue weighted by Crippen LogP contribution is 2.26. The summed E-state index contributed by atoms with van der Waals surface area (Å²) < 4.78 is 6.53. The SMILES string of the molecule is COC(=O)Cn1c(-c2ccccc2)cnc1SCC(=O)Nc1nnc(C)s1. The van der Waals surface area contributed by atoms with Gasteiger partial charge in [0, 0.05) is 0 Å². The Labute approximate surface area is 164 Å². The van der Waals surface area contributed by atoms with Crippen molar-refractivity contribution >= 4 is 40.1 Å². The molecule has 1 amide bonds. The van der Waals surface area contributed by atoms with Gasteiger partial charge in [-0.05, 0) is 12.5 Å². The summed E-state index contributed by atoms with van der Waals surface area (Å²) in [6.45, 7) is 1.83. The maximum atomic E-state index is 12.1. The van der Waals surface area contributed by atoms with Crippen LogP contribution in [0.15, 0.2) is 41.7 Å². The predicted octanol–water partition coefficient (Wildman–Crippen LogP) is 2.61. The maximum Gasteiger partial charge on any atom is 0.325 e. The van der Waals surface area contributed by atoms with Crippen molar-refractivity contribution in [1.29, 1.82) is 0 Å². The van der Waals surface area contributed by atoms with Gasteiger partial charge in [-0.1, -0.05) is 53.4 Å². The van der Waals surface area contributed by atoms with Crippen LogP contribution in [0.1, 0.15) is 5.01 Å². The van der Waals surface area contributed by atoms with Crippen LogP contribution < -0.4 is 5.32 Å². The van der Waals surface area contributed by atoms with E-state index < -0.39 is 0 Å². The highest BCUT2D eigenvalue weighted by Gasteiger charge is 2.17. The second kappa shape index (κ2) is 8.78. The molecule has 0 aliphatic heterocycles. The standard InChI is InChI=1S/C17H17N5O3S2/c1-11-20-21-16(27-11)19-14(23)10-26-17-18-8-13(12-6-4-3-5-7-12)22(17)9-15(24)25-2/h3-8H,9-10H2,1-2H3,(H,19,21,23). The predicted molar refractivity (Wildman–Crippen MR) is 104 cm³/mol. The Bertz CT molecular complexity index is 939. The molecule has 0 bridgehead atoms. The number of thioether (sulfide) groups is 1. The minimum Gasteiger partial charge on any atom is -0.468 e. The van der Waals surface area contributed by atoms with E-state index >= 15 is 0 Å². The van der Waals surface area contributed by atoms with Gasteiger partial charge in [-0.3, -0.25) is 14.9 Å². The Morgan fingerprint density at radius 1 is 1.26 bits per heavy atom. The molecule has 0 unspecified atom stereocenters. The van der Waals surface area contributed by atoms with E-state index in [0.717, 1.165) is 16.3 Å². The number of ether oxygens (including phenoxy) is 1. The Balaban J connectivity index is 1.75. The van der Waals surface area contributed by atoms with Crippen molar-refractivity contribution in [3.05, 3.63) is 41.5 Å². The number of methoxy groups -OCH3 is 1. The minimum atomic E-state index is -0.388. The first-order valence-corrected chi connectivity index (χ1v) is 9.77. The molecule has 3 aromatic rings. The molecule has 10 heteroatoms. The second-order valence-corrected chi connectivity index (χ2v) is 7.54. The van der Waals surface area contributed by atoms with E-state index in [4.69, 9.17) is 4.74 Å². The number of aryl methyl sites for hydroxylation is 1. The van der Waals surface area contributed by atoms with E-state index in [1.165, 1.54) is 30.2 Å². The molecule has 140 valence electrons. The van der Waals surface area contributed by atoms with E-state index in [1.54, 1.807) is 10.8 Å². The fraction of sp³-hybridized carbons (Fsp3) is 0.235. The number of carbonyl (C=O) groups is 2. The molecule has 2 aromatic heterocycles. The van der Waals surface area contributed by atoms with Gasteiger partial charge in [0.1, 0.15) is 11.6 Å². The number of amides is 1. The van der Waals surface area contributed by atoms with Gasteiger partial charge in [0.05, 0.1) is 24.8 Å². The molecule has 0 atom stereocenters. The number of nitrogens with one attached hydrogen (secondary N) is 1. The van der Waals surface area contributed by atoms with Crippen molar-refractivity contribution in [3.63, 3.8) is 0 Å². The first kappa shape index (κ1) is 19.1. The van der Waals surface area contributed by atoms with Gasteiger partial charge in [-0.25, -0.2) is 4.98 Å². The van der Waals surface area contributed by atoms with Crippen molar-refractivity contribution in [2.24, 2.45) is 0 Å². The number of hydrogen-bond acceptors (Lipinski definition) is 8. The monoisotopic (exact) mass is 403 g/mol. The van der Waals surface area contributed by atoms with E-state index in [9.17, 15) is 9.59 Å². The molecule has 27 heavy (non-hydrogen) atoms. The fourth-order valence-electron chi connectivity index (χ4n) is 2.29. The minimum absolute atomic E-state index is 0.0142. The largest absolute Gasteiger partial charge is 0.468 e. The van der Waals surface area contributed by atoms with Crippen molar-refractivity contribution in [2.75, 3.05) is 18.2 Å². The van der Waals surface area contributed by atoms with E-state index in [2.05, 4.69) is 20.5 Å². The lowest BCUT2D eigenvalue weighted by Gasteiger charge is -2.10. The summed E-state index contributed by atoms with van der Waals surface area (Å²) in [7, 11) is 1.34. The second-order valence-electron chi connectivity index (χ2n) is 5.42. The van der Waals surface area contributed by atoms with Crippen LogP contribution in [-0.4, -0.2) is 44.5 Å². The molecular formula is C17H17N5O3S2. The number of esters is 1. The molecule has 0 aliphatic rings. The number of hydrogen-bond donors (Lipinski definition) is 1. The summed E-state index contributed by atoms with van der Waals surface area (Å²) >= 11 is 2.55. The summed E-state index contributed by atoms with van der Waals surface area (Å²) in [4.78, 5) is 28.3. The molecule has 8 nitrogen and oxygen atoms in total. The number of benzene rings is 1. The molecule has 1 N–H and O–H groups in total. The van der Waals surface area contributed by atoms with Crippen LogP contribution in [0.3, 0.4) is 0 Å². The third-order valence-electron chi connectivity index (χ3n) is 3.51. The quantitative estimate of drug-likeness (QED) is 0.478. The summed E-state index contributed by atoms with van der Waals surface area (Å²) in [5, 5.41) is 12.2. The molecule has 0 radical (unpaired) electrons. The van der Waals surface area contributed by atoms with Crippen LogP contribution in [0.25, 0.3) is 11.3 Å². The lowest BCUT2D eigenvalue weighted by Crippen LogP contribution is -2.16. The topological polar surface area (TPSA) is 99.0 Å². The zero-order valence-corrected chi connectivity index (χ0v) is 16.3. The first-order valence-electron chi connectivity index (χ1n) is 7.97. The zero-order chi connectivity index (χ0) is 19.2. The summed E-state index contributed by atoms with van der Waals surface area (Å²) in [5.41, 5.74) is 1.71. The zero-order valence-electron chi connectivity index (χ0n) is 14.7. The smallest absolute Gasteiger partial charge is 0.325 e. The van der Waals surface area contributed by atoms with Gasteiger partial charge >= 0.3 is 5.97 Å². The van der Waals surface area contributed by atoms with Gasteiger partial charge in [0.15, 0.2) is 5.16 Å². The van der Waals surface area contributed by atoms with Crippen molar-refractivity contribution in [3.8, 4) is 11.3 Å². The van der Waals surface area contributed by atoms with Crippen LogP contribution in [0.5, 0.6) is 0 Å². The molecule has 0 spiro atoms. The first-order chi connectivity index (χ1) is 13.1. The van der Waals surface area contributed by atoms with Crippen LogP contribution in [0.2, 0.25) is 0 Å². The molecular weight excluding hydrogens is 386 g/mol. The summed E-state index contributed by atoms with van der Waals surface area (Å²) in [6.07, 6.45) is 1.69. The molecule has 0 saturated heterocycles. The highest BCUT2D eigenvalue weighted by atomic mass is 32.2. The number of carbonyl (C=O) groups excluding carboxylic acids is 2. The van der Waals surface area contributed by atoms with E-state index in [1.807, 2.05) is 37.3 Å². The van der Waals surface area contributed by atoms with Crippen molar-refractivity contribution in [2.45, 2.75) is 18.6 Å². The normalized spacial score (nSPS) is 10.6. The third-order valence-corrected chi connectivity index (χ3v) is 5.25. The van der Waals surface area contributed by atoms with Crippen LogP contribution in [0, 0.1) is 6.92 Å². The Kier molecular flexibility index (Phi) is 6.20. The van der Waals surface area contributed by atoms with E-state index in [0.29, 0.717) is 10.3 Å². The number of nitrogens with zero attached hydrogens (tertiary/aromatic N) is 4. The molecule has 3 rings (SSSR count). The van der Waals surface area contributed by atoms with Gasteiger partial charge in [-0.2, -0.15) is 0 Å². The van der Waals surface area contributed by atoms with Crippen molar-refractivity contribution in [1.82, 2.24) is 19.7 Å². The molecule has 1 aromatic carbocycles. The highest BCUT2D eigenvalue weighted by molar-refractivity contribution is 7.99. The van der Waals surface area contributed by atoms with Crippen LogP contribution in [0.4, 0.5) is 5.13 Å². The van der Waals surface area contributed by atoms with Gasteiger partial charge < -0.3 is 9.30 Å². The van der Waals surface area contributed by atoms with Gasteiger partial charge in [-0.15, -0.1) is 10.2 Å². The number of aromatic nitrogens is 4. The Morgan fingerprint density at radius 3 is 2.70 bits per heavy atom. The Hall–Kier alpha value is -2.72. The Morgan fingerprint density at radius 2 is 2.04 bits per heavy atom.